The molecule has 1 fully saturated rings. The van der Waals surface area contributed by atoms with Crippen molar-refractivity contribution < 1.29 is 56.3 Å². The summed E-state index contributed by atoms with van der Waals surface area (Å²) in [6.45, 7) is -0.872. The highest BCUT2D eigenvalue weighted by molar-refractivity contribution is 7.66. The molecule has 19 nitrogen and oxygen atoms in total. The zero-order valence-electron chi connectivity index (χ0n) is 15.9. The average molecular weight is 532 g/mol. The number of nitrogens with one attached hydrogen (secondary N) is 2. The van der Waals surface area contributed by atoms with Crippen molar-refractivity contribution in [3.8, 4) is 6.19 Å². The van der Waals surface area contributed by atoms with Gasteiger partial charge in [-0.05, 0) is 0 Å². The number of phosphoric ester groups is 1. The second kappa shape index (κ2) is 9.31. The summed E-state index contributed by atoms with van der Waals surface area (Å²) in [4.78, 5) is 57.9. The van der Waals surface area contributed by atoms with Gasteiger partial charge in [0.15, 0.2) is 17.4 Å². The number of nitrogens with zero attached hydrogens (tertiary/aromatic N) is 4. The monoisotopic (exact) mass is 532 g/mol. The maximum absolute atomic E-state index is 12.0. The largest absolute Gasteiger partial charge is 0.490 e. The first kappa shape index (κ1) is 25.6. The summed E-state index contributed by atoms with van der Waals surface area (Å²) in [6.07, 6.45) is -0.982. The number of nitriles is 1. The molecule has 1 aliphatic rings. The van der Waals surface area contributed by atoms with Crippen LogP contribution in [0.1, 0.15) is 12.6 Å². The summed E-state index contributed by atoms with van der Waals surface area (Å²) in [5.41, 5.74) is -0.783. The fourth-order valence-electron chi connectivity index (χ4n) is 2.76. The molecule has 33 heavy (non-hydrogen) atoms. The molecule has 3 heterocycles. The van der Waals surface area contributed by atoms with Crippen molar-refractivity contribution in [3.05, 3.63) is 16.7 Å². The van der Waals surface area contributed by atoms with Crippen molar-refractivity contribution >= 4 is 40.6 Å². The molecule has 22 heteroatoms. The first-order valence-corrected chi connectivity index (χ1v) is 13.0. The van der Waals surface area contributed by atoms with E-state index in [0.717, 1.165) is 0 Å². The Morgan fingerprint density at radius 2 is 1.97 bits per heavy atom. The topological polar surface area (TPSA) is 289 Å². The lowest BCUT2D eigenvalue weighted by Gasteiger charge is -2.19. The Kier molecular flexibility index (Phi) is 7.22. The lowest BCUT2D eigenvalue weighted by molar-refractivity contribution is -0.0423. The van der Waals surface area contributed by atoms with Gasteiger partial charge < -0.3 is 29.4 Å². The smallest absolute Gasteiger partial charge is 0.390 e. The minimum Gasteiger partial charge on any atom is -0.390 e. The van der Waals surface area contributed by atoms with Gasteiger partial charge in [0, 0.05) is 6.42 Å². The van der Waals surface area contributed by atoms with E-state index >= 15 is 0 Å². The first-order chi connectivity index (χ1) is 15.2. The van der Waals surface area contributed by atoms with E-state index in [1.807, 2.05) is 0 Å². The molecular weight excluding hydrogens is 517 g/mol. The molecule has 3 rings (SSSR count). The van der Waals surface area contributed by atoms with Gasteiger partial charge >= 0.3 is 23.5 Å². The third-order valence-corrected chi connectivity index (χ3v) is 7.74. The van der Waals surface area contributed by atoms with Crippen LogP contribution in [0.2, 0.25) is 0 Å². The Bertz CT molecular complexity index is 1280. The summed E-state index contributed by atoms with van der Waals surface area (Å²) in [6, 6.07) is 0. The van der Waals surface area contributed by atoms with Crippen molar-refractivity contribution in [3.63, 3.8) is 0 Å². The van der Waals surface area contributed by atoms with Crippen LogP contribution in [-0.2, 0) is 31.6 Å². The molecule has 0 aliphatic carbocycles. The van der Waals surface area contributed by atoms with Crippen LogP contribution in [0.4, 0.5) is 5.95 Å². The maximum Gasteiger partial charge on any atom is 0.490 e. The summed E-state index contributed by atoms with van der Waals surface area (Å²) >= 11 is 0. The number of phosphoric acid groups is 3. The standard InChI is InChI=1S/C11H15N6O13P3/c12-3-13-11-15-9-8(10(19)16-11)14-4-17(9)7-1-5(18)6(28-7)2-27-32(23,24)30-33(25,26)29-31(20,21)22/h4-7,18H,1-2H2,(H,23,24)(H,25,26)(H2,20,21,22)(H2,13,15,16,19)/t5-,6+,7+/m0/s1. The molecule has 182 valence electrons. The molecule has 1 aliphatic heterocycles. The number of anilines is 1. The molecule has 0 radical (unpaired) electrons. The van der Waals surface area contributed by atoms with E-state index in [4.69, 9.17) is 24.7 Å². The van der Waals surface area contributed by atoms with E-state index in [1.165, 1.54) is 10.9 Å². The first-order valence-electron chi connectivity index (χ1n) is 8.43. The third-order valence-electron chi connectivity index (χ3n) is 3.94. The van der Waals surface area contributed by atoms with Gasteiger partial charge in [-0.1, -0.05) is 0 Å². The molecule has 0 aromatic carbocycles. The lowest BCUT2D eigenvalue weighted by Crippen LogP contribution is -2.26. The molecule has 5 atom stereocenters. The summed E-state index contributed by atoms with van der Waals surface area (Å²) in [5.74, 6) is -0.181. The Morgan fingerprint density at radius 1 is 1.27 bits per heavy atom. The van der Waals surface area contributed by atoms with Crippen LogP contribution in [0, 0.1) is 11.5 Å². The van der Waals surface area contributed by atoms with Crippen molar-refractivity contribution in [2.45, 2.75) is 24.9 Å². The molecule has 2 aromatic rings. The zero-order valence-corrected chi connectivity index (χ0v) is 18.5. The third kappa shape index (κ3) is 6.52. The predicted molar refractivity (Wildman–Crippen MR) is 102 cm³/mol. The molecule has 0 saturated carbocycles. The van der Waals surface area contributed by atoms with Gasteiger partial charge in [-0.25, -0.2) is 18.7 Å². The number of aromatic nitrogens is 4. The van der Waals surface area contributed by atoms with Crippen molar-refractivity contribution in [2.24, 2.45) is 0 Å². The number of hydrogen-bond acceptors (Lipinski definition) is 13. The summed E-state index contributed by atoms with van der Waals surface area (Å²) in [5, 5.41) is 21.0. The van der Waals surface area contributed by atoms with E-state index in [1.54, 1.807) is 6.19 Å². The van der Waals surface area contributed by atoms with Crippen LogP contribution < -0.4 is 10.9 Å². The van der Waals surface area contributed by atoms with Gasteiger partial charge in [-0.2, -0.15) is 18.9 Å². The fourth-order valence-corrected chi connectivity index (χ4v) is 5.79. The molecule has 2 unspecified atom stereocenters. The lowest BCUT2D eigenvalue weighted by atomic mass is 10.2. The highest BCUT2D eigenvalue weighted by Gasteiger charge is 2.43. The van der Waals surface area contributed by atoms with E-state index in [2.05, 4.69) is 33.4 Å². The molecule has 1 saturated heterocycles. The van der Waals surface area contributed by atoms with Crippen molar-refractivity contribution in [1.82, 2.24) is 19.5 Å². The van der Waals surface area contributed by atoms with Gasteiger partial charge in [-0.3, -0.25) is 24.2 Å². The van der Waals surface area contributed by atoms with Gasteiger partial charge in [0.05, 0.1) is 19.0 Å². The minimum absolute atomic E-state index is 0.0118. The molecule has 0 spiro atoms. The number of fused-ring (bicyclic) bond motifs is 1. The Morgan fingerprint density at radius 3 is 2.61 bits per heavy atom. The quantitative estimate of drug-likeness (QED) is 0.116. The molecule has 2 aromatic heterocycles. The van der Waals surface area contributed by atoms with E-state index in [-0.39, 0.29) is 23.5 Å². The van der Waals surface area contributed by atoms with Crippen LogP contribution in [0.5, 0.6) is 0 Å². The van der Waals surface area contributed by atoms with Gasteiger partial charge in [0.2, 0.25) is 5.95 Å². The van der Waals surface area contributed by atoms with E-state index in [9.17, 15) is 28.5 Å². The highest BCUT2D eigenvalue weighted by atomic mass is 31.3. The van der Waals surface area contributed by atoms with Crippen LogP contribution in [0.3, 0.4) is 0 Å². The van der Waals surface area contributed by atoms with E-state index < -0.39 is 54.1 Å². The normalized spacial score (nSPS) is 24.8. The van der Waals surface area contributed by atoms with Crippen LogP contribution in [-0.4, -0.2) is 63.0 Å². The van der Waals surface area contributed by atoms with Gasteiger partial charge in [0.1, 0.15) is 12.3 Å². The number of hydrogen-bond donors (Lipinski definition) is 7. The number of H-pyrrole nitrogens is 1. The minimum atomic E-state index is -5.69. The number of imidazole rings is 1. The van der Waals surface area contributed by atoms with Gasteiger partial charge in [-0.15, -0.1) is 0 Å². The number of rotatable bonds is 9. The van der Waals surface area contributed by atoms with Gasteiger partial charge in [0.25, 0.3) is 5.56 Å². The Hall–Kier alpha value is -2.03. The molecular formula is C11H15N6O13P3. The van der Waals surface area contributed by atoms with Crippen molar-refractivity contribution in [2.75, 3.05) is 11.9 Å². The van der Waals surface area contributed by atoms with E-state index in [0.29, 0.717) is 0 Å². The molecule has 7 N–H and O–H groups in total. The van der Waals surface area contributed by atoms with Crippen LogP contribution in [0.25, 0.3) is 11.2 Å². The second-order valence-electron chi connectivity index (χ2n) is 6.29. The van der Waals surface area contributed by atoms with Crippen LogP contribution in [0.15, 0.2) is 11.1 Å². The Labute approximate surface area is 182 Å². The fraction of sp³-hybridized carbons (Fsp3) is 0.455. The SMILES string of the molecule is N#CNc1nc2c(ncn2[C@H]2C[C@H](O)[C@@H](COP(=O)(O)OP(=O)(O)OP(=O)(O)O)O2)c(=O)[nH]1. The number of aromatic amines is 1. The predicted octanol–water partition coefficient (Wildman–Crippen LogP) is -0.996. The number of ether oxygens (including phenoxy) is 1. The highest BCUT2D eigenvalue weighted by Crippen LogP contribution is 2.66. The summed E-state index contributed by atoms with van der Waals surface area (Å²) in [7, 11) is -16.6. The van der Waals surface area contributed by atoms with Crippen molar-refractivity contribution in [1.29, 1.82) is 5.26 Å². The average Bonchev–Trinajstić information content (AvgIpc) is 3.21. The number of aliphatic hydroxyl groups excluding tert-OH is 1. The molecule has 0 bridgehead atoms. The second-order valence-corrected chi connectivity index (χ2v) is 10.7. The number of aliphatic hydroxyl groups is 1. The van der Waals surface area contributed by atoms with Crippen LogP contribution >= 0.6 is 23.5 Å². The Balaban J connectivity index is 1.70. The molecule has 0 amide bonds. The summed E-state index contributed by atoms with van der Waals surface area (Å²) < 4.78 is 52.2. The maximum atomic E-state index is 12.0. The zero-order chi connectivity index (χ0) is 24.6.